The Bertz CT molecular complexity index is 936. The third-order valence-corrected chi connectivity index (χ3v) is 12.0. The summed E-state index contributed by atoms with van der Waals surface area (Å²) in [5, 5.41) is 10.5. The number of carbonyl (C=O) groups excluding carboxylic acids is 3. The van der Waals surface area contributed by atoms with Gasteiger partial charge in [0, 0.05) is 17.8 Å². The number of hydrogen-bond donors (Lipinski definition) is 1. The summed E-state index contributed by atoms with van der Waals surface area (Å²) < 4.78 is 5.00. The third-order valence-electron chi connectivity index (χ3n) is 9.96. The Morgan fingerprint density at radius 2 is 1.97 bits per heavy atom. The van der Waals surface area contributed by atoms with Gasteiger partial charge in [-0.15, -0.1) is 24.9 Å². The summed E-state index contributed by atoms with van der Waals surface area (Å²) in [5.41, 5.74) is 0. The fourth-order valence-electron chi connectivity index (χ4n) is 7.78. The summed E-state index contributed by atoms with van der Waals surface area (Å²) in [6.07, 6.45) is 11.9. The van der Waals surface area contributed by atoms with Gasteiger partial charge in [0.15, 0.2) is 0 Å². The molecule has 2 bridgehead atoms. The number of hydrogen-bond acceptors (Lipinski definition) is 6. The van der Waals surface area contributed by atoms with Crippen molar-refractivity contribution in [3.63, 3.8) is 0 Å². The lowest BCUT2D eigenvalue weighted by Gasteiger charge is -2.45. The minimum Gasteiger partial charge on any atom is -0.465 e. The molecule has 8 heteroatoms. The van der Waals surface area contributed by atoms with E-state index in [2.05, 4.69) is 20.1 Å². The van der Waals surface area contributed by atoms with Crippen molar-refractivity contribution in [1.29, 1.82) is 0 Å². The predicted molar refractivity (Wildman–Crippen MR) is 155 cm³/mol. The molecular weight excluding hydrogens is 512 g/mol. The van der Waals surface area contributed by atoms with Crippen LogP contribution < -0.4 is 0 Å². The molecule has 3 unspecified atom stereocenters. The number of allylic oxidation sites excluding steroid dienone is 1. The van der Waals surface area contributed by atoms with Crippen LogP contribution in [0.2, 0.25) is 0 Å². The van der Waals surface area contributed by atoms with Crippen LogP contribution in [-0.4, -0.2) is 80.6 Å². The second-order valence-corrected chi connectivity index (χ2v) is 13.7. The molecule has 0 aromatic rings. The van der Waals surface area contributed by atoms with Gasteiger partial charge in [0.05, 0.1) is 35.8 Å². The average molecular weight is 561 g/mol. The van der Waals surface area contributed by atoms with Gasteiger partial charge in [0.25, 0.3) is 0 Å². The Labute approximate surface area is 238 Å². The van der Waals surface area contributed by atoms with Gasteiger partial charge in [-0.25, -0.2) is 0 Å². The fraction of sp³-hybridized carbons (Fsp3) is 0.774. The highest BCUT2D eigenvalue weighted by atomic mass is 32.2. The quantitative estimate of drug-likeness (QED) is 0.202. The van der Waals surface area contributed by atoms with Crippen molar-refractivity contribution < 1.29 is 24.2 Å². The topological polar surface area (TPSA) is 87.1 Å². The van der Waals surface area contributed by atoms with Crippen molar-refractivity contribution in [2.75, 3.05) is 19.8 Å². The number of nitrogens with zero attached hydrogens (tertiary/aromatic N) is 2. The van der Waals surface area contributed by atoms with E-state index in [1.807, 2.05) is 18.7 Å². The van der Waals surface area contributed by atoms with Crippen LogP contribution in [0.15, 0.2) is 25.3 Å². The number of esters is 1. The zero-order chi connectivity index (χ0) is 28.3. The summed E-state index contributed by atoms with van der Waals surface area (Å²) in [4.78, 5) is 46.4. The van der Waals surface area contributed by atoms with E-state index >= 15 is 0 Å². The van der Waals surface area contributed by atoms with Crippen molar-refractivity contribution >= 4 is 29.5 Å². The Hall–Kier alpha value is -1.80. The van der Waals surface area contributed by atoms with Gasteiger partial charge in [0.2, 0.25) is 11.8 Å². The van der Waals surface area contributed by atoms with Crippen molar-refractivity contribution in [2.45, 2.75) is 107 Å². The number of rotatable bonds is 13. The molecule has 8 atom stereocenters. The minimum absolute atomic E-state index is 0.00817. The zero-order valence-electron chi connectivity index (χ0n) is 24.1. The molecule has 2 amide bonds. The SMILES string of the molecule is C=CCCCOC(=O)[C@@H]1[C@H]2C(=O)N([C@@H](CO)[C@@H](C)CC)C(C(=O)N(CC=C)C3CCCCC3)C23S[C@@H]1CC3C. The van der Waals surface area contributed by atoms with Crippen LogP contribution in [0.5, 0.6) is 0 Å². The number of amides is 2. The number of thioether (sulfide) groups is 1. The molecule has 3 saturated heterocycles. The first-order valence-corrected chi connectivity index (χ1v) is 16.0. The molecule has 0 aromatic heterocycles. The maximum Gasteiger partial charge on any atom is 0.310 e. The van der Waals surface area contributed by atoms with Crippen molar-refractivity contribution in [3.05, 3.63) is 25.3 Å². The third kappa shape index (κ3) is 5.20. The molecule has 1 aliphatic carbocycles. The van der Waals surface area contributed by atoms with Gasteiger partial charge in [-0.2, -0.15) is 0 Å². The molecular formula is C31H48N2O5S. The Morgan fingerprint density at radius 3 is 2.59 bits per heavy atom. The Morgan fingerprint density at radius 1 is 1.26 bits per heavy atom. The van der Waals surface area contributed by atoms with Gasteiger partial charge in [0.1, 0.15) is 6.04 Å². The molecule has 3 aliphatic heterocycles. The smallest absolute Gasteiger partial charge is 0.310 e. The molecule has 7 nitrogen and oxygen atoms in total. The lowest BCUT2D eigenvalue weighted by molar-refractivity contribution is -0.155. The van der Waals surface area contributed by atoms with Crippen LogP contribution >= 0.6 is 11.8 Å². The molecule has 39 heavy (non-hydrogen) atoms. The molecule has 3 heterocycles. The number of ether oxygens (including phenoxy) is 1. The van der Waals surface area contributed by atoms with Crippen molar-refractivity contribution in [1.82, 2.24) is 9.80 Å². The molecule has 4 aliphatic rings. The van der Waals surface area contributed by atoms with E-state index in [9.17, 15) is 19.5 Å². The second-order valence-electron chi connectivity index (χ2n) is 12.1. The van der Waals surface area contributed by atoms with Crippen LogP contribution in [0.25, 0.3) is 0 Å². The molecule has 1 spiro atoms. The molecule has 0 aromatic carbocycles. The van der Waals surface area contributed by atoms with E-state index in [0.717, 1.165) is 44.9 Å². The normalized spacial score (nSPS) is 33.5. The van der Waals surface area contributed by atoms with E-state index in [1.165, 1.54) is 6.42 Å². The van der Waals surface area contributed by atoms with E-state index in [4.69, 9.17) is 4.74 Å². The lowest BCUT2D eigenvalue weighted by atomic mass is 9.66. The molecule has 1 saturated carbocycles. The van der Waals surface area contributed by atoms with Crippen LogP contribution in [0, 0.1) is 23.7 Å². The summed E-state index contributed by atoms with van der Waals surface area (Å²) in [5.74, 6) is -1.62. The number of likely N-dealkylation sites (tertiary alicyclic amines) is 1. The average Bonchev–Trinajstić information content (AvgIpc) is 3.54. The van der Waals surface area contributed by atoms with Crippen LogP contribution in [0.4, 0.5) is 0 Å². The first-order valence-electron chi connectivity index (χ1n) is 15.1. The Balaban J connectivity index is 1.76. The molecule has 0 radical (unpaired) electrons. The summed E-state index contributed by atoms with van der Waals surface area (Å²) >= 11 is 1.68. The van der Waals surface area contributed by atoms with Crippen LogP contribution in [0.1, 0.15) is 78.6 Å². The van der Waals surface area contributed by atoms with Gasteiger partial charge in [-0.05, 0) is 43.9 Å². The summed E-state index contributed by atoms with van der Waals surface area (Å²) in [6.45, 7) is 14.4. The molecule has 4 rings (SSSR count). The highest BCUT2D eigenvalue weighted by Crippen LogP contribution is 2.69. The first kappa shape index (κ1) is 30.2. The number of fused-ring (bicyclic) bond motifs is 1. The van der Waals surface area contributed by atoms with Gasteiger partial charge in [-0.3, -0.25) is 14.4 Å². The summed E-state index contributed by atoms with van der Waals surface area (Å²) in [6, 6.07) is -1.08. The monoisotopic (exact) mass is 560 g/mol. The fourth-order valence-corrected chi connectivity index (χ4v) is 10.2. The zero-order valence-corrected chi connectivity index (χ0v) is 24.9. The van der Waals surface area contributed by atoms with Crippen molar-refractivity contribution in [3.8, 4) is 0 Å². The van der Waals surface area contributed by atoms with Gasteiger partial charge < -0.3 is 19.6 Å². The van der Waals surface area contributed by atoms with Crippen molar-refractivity contribution in [2.24, 2.45) is 23.7 Å². The van der Waals surface area contributed by atoms with E-state index < -0.39 is 28.7 Å². The number of carbonyl (C=O) groups is 3. The highest BCUT2D eigenvalue weighted by molar-refractivity contribution is 8.02. The lowest BCUT2D eigenvalue weighted by Crippen LogP contribution is -2.61. The largest absolute Gasteiger partial charge is 0.465 e. The van der Waals surface area contributed by atoms with E-state index in [0.29, 0.717) is 19.6 Å². The van der Waals surface area contributed by atoms with Gasteiger partial charge >= 0.3 is 5.97 Å². The number of unbranched alkanes of at least 4 members (excludes halogenated alkanes) is 1. The van der Waals surface area contributed by atoms with E-state index in [-0.39, 0.29) is 47.5 Å². The Kier molecular flexibility index (Phi) is 9.90. The molecule has 1 N–H and O–H groups in total. The van der Waals surface area contributed by atoms with Gasteiger partial charge in [-0.1, -0.05) is 58.6 Å². The minimum atomic E-state index is -0.716. The maximum atomic E-state index is 14.8. The predicted octanol–water partition coefficient (Wildman–Crippen LogP) is 4.59. The molecule has 4 fully saturated rings. The number of aliphatic hydroxyl groups excluding tert-OH is 1. The maximum absolute atomic E-state index is 14.8. The second kappa shape index (κ2) is 12.8. The van der Waals surface area contributed by atoms with E-state index in [1.54, 1.807) is 28.8 Å². The van der Waals surface area contributed by atoms with Crippen LogP contribution in [-0.2, 0) is 19.1 Å². The highest BCUT2D eigenvalue weighted by Gasteiger charge is 2.77. The standard InChI is InChI=1S/C31H48N2O5S/c1-6-9-13-17-38-30(37)25-24-18-21(5)31(39-24)26(25)28(35)33(23(19-34)20(4)8-3)27(31)29(36)32(16-7-2)22-14-11-10-12-15-22/h6-7,20-27,34H,1-2,8-19H2,3-5H3/t20-,21?,23-,24+,25-,26-,27?,31?/m0/s1. The number of aliphatic hydroxyl groups is 1. The molecule has 218 valence electrons. The summed E-state index contributed by atoms with van der Waals surface area (Å²) in [7, 11) is 0. The van der Waals surface area contributed by atoms with Crippen LogP contribution in [0.3, 0.4) is 0 Å². The first-order chi connectivity index (χ1) is 18.8.